The van der Waals surface area contributed by atoms with E-state index in [1.54, 1.807) is 0 Å². The first-order chi connectivity index (χ1) is 2.41. The van der Waals surface area contributed by atoms with Crippen molar-refractivity contribution in [2.75, 3.05) is 13.2 Å². The summed E-state index contributed by atoms with van der Waals surface area (Å²) in [5.41, 5.74) is 0. The van der Waals surface area contributed by atoms with Gasteiger partial charge in [0.1, 0.15) is 0 Å². The zero-order valence-corrected chi connectivity index (χ0v) is 3.82. The predicted octanol–water partition coefficient (Wildman–Crippen LogP) is 1.16. The zero-order chi connectivity index (χ0) is 4.12. The molecule has 0 heterocycles. The van der Waals surface area contributed by atoms with Gasteiger partial charge in [0.2, 0.25) is 0 Å². The summed E-state index contributed by atoms with van der Waals surface area (Å²) in [6.07, 6.45) is 0. The van der Waals surface area contributed by atoms with Crippen LogP contribution in [0.5, 0.6) is 0 Å². The van der Waals surface area contributed by atoms with Gasteiger partial charge in [0.25, 0.3) is 0 Å². The van der Waals surface area contributed by atoms with Crippen LogP contribution in [0.3, 0.4) is 0 Å². The number of hydrogen-bond acceptors (Lipinski definition) is 1. The lowest BCUT2D eigenvalue weighted by Gasteiger charge is -1.86. The van der Waals surface area contributed by atoms with E-state index in [0.29, 0.717) is 0 Å². The van der Waals surface area contributed by atoms with Gasteiger partial charge < -0.3 is 4.74 Å². The molecule has 0 aromatic rings. The van der Waals surface area contributed by atoms with Gasteiger partial charge in [-0.25, -0.2) is 0 Å². The number of ether oxygens (including phenoxy) is 1. The molecule has 0 amide bonds. The molecule has 0 atom stereocenters. The third-order valence-electron chi connectivity index (χ3n) is 0.408. The van der Waals surface area contributed by atoms with Crippen LogP contribution in [0.25, 0.3) is 0 Å². The van der Waals surface area contributed by atoms with Crippen LogP contribution < -0.4 is 0 Å². The molecule has 0 saturated carbocycles. The van der Waals surface area contributed by atoms with Crippen molar-refractivity contribution in [1.29, 1.82) is 0 Å². The molecule has 1 radical (unpaired) electrons. The van der Waals surface area contributed by atoms with E-state index in [2.05, 4.69) is 0 Å². The Bertz CT molecular complexity index is 15.0. The van der Waals surface area contributed by atoms with Crippen molar-refractivity contribution in [3.8, 4) is 0 Å². The van der Waals surface area contributed by atoms with Crippen LogP contribution in [0.1, 0.15) is 15.3 Å². The molecule has 5 heavy (non-hydrogen) atoms. The van der Waals surface area contributed by atoms with E-state index in [1.807, 2.05) is 13.8 Å². The molecular formula is C4H11O. The Morgan fingerprint density at radius 2 is 1.80 bits per heavy atom. The minimum atomic E-state index is 0. The maximum atomic E-state index is 4.83. The van der Waals surface area contributed by atoms with Gasteiger partial charge in [0.15, 0.2) is 0 Å². The first-order valence-corrected chi connectivity index (χ1v) is 1.99. The second-order valence-electron chi connectivity index (χ2n) is 0.781. The average molecular weight is 75.1 g/mol. The normalized spacial score (nSPS) is 8.40. The third-order valence-corrected chi connectivity index (χ3v) is 0.408. The van der Waals surface area contributed by atoms with Crippen LogP contribution in [0, 0.1) is 0 Å². The van der Waals surface area contributed by atoms with Crippen LogP contribution in [0.4, 0.5) is 0 Å². The van der Waals surface area contributed by atoms with Crippen LogP contribution in [-0.2, 0) is 4.74 Å². The maximum absolute atomic E-state index is 4.83. The summed E-state index contributed by atoms with van der Waals surface area (Å²) in [6.45, 7) is 5.67. The van der Waals surface area contributed by atoms with Gasteiger partial charge in [-0.15, -0.1) is 0 Å². The quantitative estimate of drug-likeness (QED) is 0.478. The molecule has 1 heteroatoms. The molecule has 0 saturated heterocycles. The largest absolute Gasteiger partial charge is 0.382 e. The minimum absolute atomic E-state index is 0. The molecule has 0 aromatic heterocycles. The third kappa shape index (κ3) is 3.96. The Hall–Kier alpha value is -0.0400. The highest BCUT2D eigenvalue weighted by molar-refractivity contribution is 4.07. The predicted molar refractivity (Wildman–Crippen MR) is 23.3 cm³/mol. The van der Waals surface area contributed by atoms with Crippen LogP contribution in [-0.4, -0.2) is 13.2 Å². The summed E-state index contributed by atoms with van der Waals surface area (Å²) in [4.78, 5) is 0. The van der Waals surface area contributed by atoms with Crippen molar-refractivity contribution in [3.63, 3.8) is 0 Å². The van der Waals surface area contributed by atoms with Crippen LogP contribution >= 0.6 is 0 Å². The van der Waals surface area contributed by atoms with Crippen molar-refractivity contribution in [2.24, 2.45) is 0 Å². The van der Waals surface area contributed by atoms with E-state index in [9.17, 15) is 0 Å². The Balaban J connectivity index is 0. The van der Waals surface area contributed by atoms with Gasteiger partial charge in [-0.05, 0) is 13.8 Å². The van der Waals surface area contributed by atoms with Crippen molar-refractivity contribution < 1.29 is 6.16 Å². The van der Waals surface area contributed by atoms with Gasteiger partial charge in [0, 0.05) is 14.6 Å². The Morgan fingerprint density at radius 1 is 1.40 bits per heavy atom. The van der Waals surface area contributed by atoms with Gasteiger partial charge in [-0.3, -0.25) is 0 Å². The summed E-state index contributed by atoms with van der Waals surface area (Å²) in [5.74, 6) is 0. The minimum Gasteiger partial charge on any atom is -0.382 e. The van der Waals surface area contributed by atoms with E-state index in [1.165, 1.54) is 0 Å². The molecular weight excluding hydrogens is 64.0 g/mol. The lowest BCUT2D eigenvalue weighted by atomic mass is 10.8. The van der Waals surface area contributed by atoms with Gasteiger partial charge in [0.05, 0.1) is 0 Å². The lowest BCUT2D eigenvalue weighted by Crippen LogP contribution is -1.84. The molecule has 0 aromatic carbocycles. The summed E-state index contributed by atoms with van der Waals surface area (Å²) < 4.78 is 4.83. The van der Waals surface area contributed by atoms with Crippen molar-refractivity contribution >= 4 is 0 Å². The zero-order valence-electron chi connectivity index (χ0n) is 4.82. The first-order valence-electron chi connectivity index (χ1n) is 1.99. The molecule has 0 aliphatic rings. The standard InChI is InChI=1S/C4H10O.H/c1-3-5-4-2;/h3-4H2,1-2H3;. The highest BCUT2D eigenvalue weighted by Crippen LogP contribution is 1.64. The summed E-state index contributed by atoms with van der Waals surface area (Å²) in [6, 6.07) is 0. The molecule has 0 unspecified atom stereocenters. The van der Waals surface area contributed by atoms with Crippen LogP contribution in [0.2, 0.25) is 0 Å². The van der Waals surface area contributed by atoms with Crippen molar-refractivity contribution in [2.45, 2.75) is 13.8 Å². The molecule has 0 rings (SSSR count). The Labute approximate surface area is 34.4 Å². The van der Waals surface area contributed by atoms with Gasteiger partial charge in [-0.2, -0.15) is 0 Å². The van der Waals surface area contributed by atoms with Gasteiger partial charge >= 0.3 is 0 Å². The fraction of sp³-hybridized carbons (Fsp3) is 1.00. The molecule has 0 N–H and O–H groups in total. The Morgan fingerprint density at radius 3 is 1.80 bits per heavy atom. The molecule has 0 fully saturated rings. The van der Waals surface area contributed by atoms with Crippen LogP contribution in [0.15, 0.2) is 0 Å². The molecule has 0 bridgehead atoms. The molecule has 0 aliphatic heterocycles. The van der Waals surface area contributed by atoms with Crippen molar-refractivity contribution in [3.05, 3.63) is 0 Å². The lowest BCUT2D eigenvalue weighted by molar-refractivity contribution is 0.162. The van der Waals surface area contributed by atoms with E-state index >= 15 is 0 Å². The maximum Gasteiger partial charge on any atom is 0.0437 e. The fourth-order valence-electron chi connectivity index (χ4n) is 0.204. The highest BCUT2D eigenvalue weighted by Gasteiger charge is 1.64. The van der Waals surface area contributed by atoms with E-state index in [-0.39, 0.29) is 1.43 Å². The number of hydrogen-bond donors (Lipinski definition) is 0. The van der Waals surface area contributed by atoms with Crippen molar-refractivity contribution in [1.82, 2.24) is 0 Å². The molecule has 0 aliphatic carbocycles. The first kappa shape index (κ1) is 4.96. The monoisotopic (exact) mass is 75.1 g/mol. The highest BCUT2D eigenvalue weighted by atomic mass is 16.5. The van der Waals surface area contributed by atoms with E-state index in [4.69, 9.17) is 4.74 Å². The van der Waals surface area contributed by atoms with E-state index in [0.717, 1.165) is 13.2 Å². The average Bonchev–Trinajstić information content (AvgIpc) is 1.41. The smallest absolute Gasteiger partial charge is 0.0437 e. The van der Waals surface area contributed by atoms with E-state index < -0.39 is 0 Å². The van der Waals surface area contributed by atoms with Gasteiger partial charge in [-0.1, -0.05) is 0 Å². The molecule has 33 valence electrons. The molecule has 0 spiro atoms. The number of rotatable bonds is 2. The second-order valence-corrected chi connectivity index (χ2v) is 0.781. The SMILES string of the molecule is CCOCC.[H]. The molecule has 1 nitrogen and oxygen atoms in total. The summed E-state index contributed by atoms with van der Waals surface area (Å²) >= 11 is 0. The Kier molecular flexibility index (Phi) is 3.93. The topological polar surface area (TPSA) is 9.23 Å². The fourth-order valence-corrected chi connectivity index (χ4v) is 0.204. The second kappa shape index (κ2) is 3.96. The summed E-state index contributed by atoms with van der Waals surface area (Å²) in [7, 11) is 0. The summed E-state index contributed by atoms with van der Waals surface area (Å²) in [5, 5.41) is 0.